The highest BCUT2D eigenvalue weighted by Crippen LogP contribution is 2.13. The van der Waals surface area contributed by atoms with Gasteiger partial charge in [0.05, 0.1) is 11.5 Å². The van der Waals surface area contributed by atoms with Gasteiger partial charge in [0.2, 0.25) is 0 Å². The zero-order chi connectivity index (χ0) is 15.9. The molecule has 0 spiro atoms. The monoisotopic (exact) mass is 307 g/mol. The highest BCUT2D eigenvalue weighted by molar-refractivity contribution is 7.80. The van der Waals surface area contributed by atoms with Crippen molar-refractivity contribution in [1.29, 1.82) is 0 Å². The lowest BCUT2D eigenvalue weighted by Crippen LogP contribution is -2.50. The molecule has 0 aliphatic heterocycles. The molecular formula is C15H21N3O2S. The van der Waals surface area contributed by atoms with Crippen LogP contribution in [0.4, 0.5) is 0 Å². The van der Waals surface area contributed by atoms with E-state index in [4.69, 9.17) is 5.73 Å². The van der Waals surface area contributed by atoms with Gasteiger partial charge in [-0.15, -0.1) is 0 Å². The van der Waals surface area contributed by atoms with Crippen molar-refractivity contribution in [3.63, 3.8) is 0 Å². The smallest absolute Gasteiger partial charge is 0.309 e. The van der Waals surface area contributed by atoms with E-state index in [-0.39, 0.29) is 11.5 Å². The van der Waals surface area contributed by atoms with Gasteiger partial charge in [0.1, 0.15) is 0 Å². The van der Waals surface area contributed by atoms with Crippen LogP contribution in [0, 0.1) is 0 Å². The van der Waals surface area contributed by atoms with Crippen molar-refractivity contribution in [3.8, 4) is 0 Å². The molecule has 0 saturated heterocycles. The first-order valence-corrected chi connectivity index (χ1v) is 7.13. The Bertz CT molecular complexity index is 515. The van der Waals surface area contributed by atoms with Gasteiger partial charge in [-0.05, 0) is 32.3 Å². The molecule has 0 aliphatic rings. The van der Waals surface area contributed by atoms with E-state index in [0.29, 0.717) is 0 Å². The van der Waals surface area contributed by atoms with Crippen molar-refractivity contribution < 1.29 is 9.59 Å². The number of benzene rings is 1. The van der Waals surface area contributed by atoms with Gasteiger partial charge in [-0.3, -0.25) is 9.59 Å². The van der Waals surface area contributed by atoms with E-state index >= 15 is 0 Å². The molecule has 0 atom stereocenters. The SMILES string of the molecule is CC(C)(CCc1ccccc1)NC(=O)C(=O)NCC(N)=S. The summed E-state index contributed by atoms with van der Waals surface area (Å²) in [6.45, 7) is 3.79. The highest BCUT2D eigenvalue weighted by Gasteiger charge is 2.24. The average molecular weight is 307 g/mol. The summed E-state index contributed by atoms with van der Waals surface area (Å²) < 4.78 is 0. The van der Waals surface area contributed by atoms with Crippen molar-refractivity contribution in [1.82, 2.24) is 10.6 Å². The first kappa shape index (κ1) is 17.1. The van der Waals surface area contributed by atoms with Crippen LogP contribution in [0.25, 0.3) is 0 Å². The minimum atomic E-state index is -0.726. The maximum Gasteiger partial charge on any atom is 0.309 e. The standard InChI is InChI=1S/C15H21N3O2S/c1-15(2,9-8-11-6-4-3-5-7-11)18-14(20)13(19)17-10-12(16)21/h3-7H,8-10H2,1-2H3,(H2,16,21)(H,17,19)(H,18,20). The van der Waals surface area contributed by atoms with Crippen molar-refractivity contribution >= 4 is 29.0 Å². The summed E-state index contributed by atoms with van der Waals surface area (Å²) in [5.74, 6) is -1.40. The third kappa shape index (κ3) is 6.85. The fraction of sp³-hybridized carbons (Fsp3) is 0.400. The molecule has 0 unspecified atom stereocenters. The Hall–Kier alpha value is -1.95. The molecule has 1 rings (SSSR count). The van der Waals surface area contributed by atoms with Crippen LogP contribution in [-0.4, -0.2) is 28.9 Å². The topological polar surface area (TPSA) is 84.2 Å². The number of rotatable bonds is 6. The largest absolute Gasteiger partial charge is 0.392 e. The van der Waals surface area contributed by atoms with Crippen molar-refractivity contribution in [3.05, 3.63) is 35.9 Å². The minimum absolute atomic E-state index is 0.0199. The van der Waals surface area contributed by atoms with E-state index in [2.05, 4.69) is 22.9 Å². The van der Waals surface area contributed by atoms with Crippen LogP contribution in [0.15, 0.2) is 30.3 Å². The number of nitrogens with two attached hydrogens (primary N) is 1. The summed E-state index contributed by atoms with van der Waals surface area (Å²) in [6, 6.07) is 9.98. The average Bonchev–Trinajstić information content (AvgIpc) is 2.43. The molecule has 1 aromatic rings. The number of amides is 2. The molecule has 0 radical (unpaired) electrons. The molecule has 2 amide bonds. The fourth-order valence-corrected chi connectivity index (χ4v) is 1.85. The number of thiocarbonyl (C=S) groups is 1. The van der Waals surface area contributed by atoms with Gasteiger partial charge in [0.15, 0.2) is 0 Å². The molecule has 0 aromatic heterocycles. The lowest BCUT2D eigenvalue weighted by atomic mass is 9.95. The molecule has 0 aliphatic carbocycles. The Balaban J connectivity index is 2.45. The first-order valence-electron chi connectivity index (χ1n) is 6.73. The second-order valence-electron chi connectivity index (χ2n) is 5.47. The van der Waals surface area contributed by atoms with E-state index in [0.717, 1.165) is 12.8 Å². The molecule has 0 saturated carbocycles. The highest BCUT2D eigenvalue weighted by atomic mass is 32.1. The number of hydrogen-bond donors (Lipinski definition) is 3. The van der Waals surface area contributed by atoms with Gasteiger partial charge < -0.3 is 16.4 Å². The second kappa shape index (κ2) is 7.73. The molecule has 6 heteroatoms. The van der Waals surface area contributed by atoms with Crippen LogP contribution in [0.1, 0.15) is 25.8 Å². The van der Waals surface area contributed by atoms with Crippen LogP contribution >= 0.6 is 12.2 Å². The number of hydrogen-bond acceptors (Lipinski definition) is 3. The van der Waals surface area contributed by atoms with Crippen LogP contribution in [0.5, 0.6) is 0 Å². The van der Waals surface area contributed by atoms with Crippen LogP contribution in [0.2, 0.25) is 0 Å². The quantitative estimate of drug-likeness (QED) is 0.539. The summed E-state index contributed by atoms with van der Waals surface area (Å²) in [5.41, 5.74) is 5.98. The maximum absolute atomic E-state index is 11.8. The molecule has 1 aromatic carbocycles. The summed E-state index contributed by atoms with van der Waals surface area (Å²) in [5, 5.41) is 5.08. The van der Waals surface area contributed by atoms with Gasteiger partial charge >= 0.3 is 11.8 Å². The molecule has 114 valence electrons. The molecule has 0 heterocycles. The van der Waals surface area contributed by atoms with Gasteiger partial charge in [0, 0.05) is 5.54 Å². The normalized spacial score (nSPS) is 10.8. The van der Waals surface area contributed by atoms with E-state index in [9.17, 15) is 9.59 Å². The number of carbonyl (C=O) groups excluding carboxylic acids is 2. The maximum atomic E-state index is 11.8. The van der Waals surface area contributed by atoms with Crippen LogP contribution < -0.4 is 16.4 Å². The molecule has 0 fully saturated rings. The molecule has 21 heavy (non-hydrogen) atoms. The number of nitrogens with one attached hydrogen (secondary N) is 2. The Morgan fingerprint density at radius 2 is 1.81 bits per heavy atom. The third-order valence-corrected chi connectivity index (χ3v) is 3.11. The lowest BCUT2D eigenvalue weighted by Gasteiger charge is -2.26. The predicted octanol–water partition coefficient (Wildman–Crippen LogP) is 0.916. The van der Waals surface area contributed by atoms with Gasteiger partial charge in [-0.2, -0.15) is 0 Å². The number of aryl methyl sites for hydroxylation is 1. The fourth-order valence-electron chi connectivity index (χ4n) is 1.78. The van der Waals surface area contributed by atoms with Gasteiger partial charge in [-0.1, -0.05) is 42.5 Å². The van der Waals surface area contributed by atoms with Crippen molar-refractivity contribution in [2.24, 2.45) is 5.73 Å². The Kier molecular flexibility index (Phi) is 6.30. The van der Waals surface area contributed by atoms with Gasteiger partial charge in [0.25, 0.3) is 0 Å². The van der Waals surface area contributed by atoms with Gasteiger partial charge in [-0.25, -0.2) is 0 Å². The molecule has 5 nitrogen and oxygen atoms in total. The minimum Gasteiger partial charge on any atom is -0.392 e. The summed E-state index contributed by atoms with van der Waals surface area (Å²) in [4.78, 5) is 23.5. The first-order chi connectivity index (χ1) is 9.80. The Morgan fingerprint density at radius 1 is 1.19 bits per heavy atom. The van der Waals surface area contributed by atoms with E-state index in [1.807, 2.05) is 44.2 Å². The molecular weight excluding hydrogens is 286 g/mol. The zero-order valence-electron chi connectivity index (χ0n) is 12.3. The molecule has 4 N–H and O–H groups in total. The zero-order valence-corrected chi connectivity index (χ0v) is 13.1. The summed E-state index contributed by atoms with van der Waals surface area (Å²) >= 11 is 4.64. The van der Waals surface area contributed by atoms with E-state index in [1.54, 1.807) is 0 Å². The van der Waals surface area contributed by atoms with E-state index in [1.165, 1.54) is 5.56 Å². The number of carbonyl (C=O) groups is 2. The van der Waals surface area contributed by atoms with Crippen LogP contribution in [0.3, 0.4) is 0 Å². The second-order valence-corrected chi connectivity index (χ2v) is 6.00. The summed E-state index contributed by atoms with van der Waals surface area (Å²) in [6.07, 6.45) is 1.55. The van der Waals surface area contributed by atoms with Crippen LogP contribution in [-0.2, 0) is 16.0 Å². The third-order valence-electron chi connectivity index (χ3n) is 2.96. The van der Waals surface area contributed by atoms with Crippen molar-refractivity contribution in [2.75, 3.05) is 6.54 Å². The van der Waals surface area contributed by atoms with E-state index < -0.39 is 17.4 Å². The Morgan fingerprint density at radius 3 is 2.38 bits per heavy atom. The molecule has 0 bridgehead atoms. The predicted molar refractivity (Wildman–Crippen MR) is 86.8 cm³/mol. The summed E-state index contributed by atoms with van der Waals surface area (Å²) in [7, 11) is 0. The lowest BCUT2D eigenvalue weighted by molar-refractivity contribution is -0.140. The Labute approximate surface area is 130 Å². The van der Waals surface area contributed by atoms with Crippen molar-refractivity contribution in [2.45, 2.75) is 32.2 Å².